The molecule has 0 bridgehead atoms. The van der Waals surface area contributed by atoms with E-state index in [9.17, 15) is 9.18 Å². The van der Waals surface area contributed by atoms with E-state index in [-0.39, 0.29) is 17.6 Å². The smallest absolute Gasteiger partial charge is 0.253 e. The van der Waals surface area contributed by atoms with Crippen molar-refractivity contribution in [3.8, 4) is 11.4 Å². The maximum atomic E-state index is 13.1. The Balaban J connectivity index is 1.50. The number of carbonyl (C=O) groups is 1. The molecule has 1 aliphatic rings. The monoisotopic (exact) mass is 365 g/mol. The van der Waals surface area contributed by atoms with Crippen LogP contribution in [0.5, 0.6) is 0 Å². The molecular formula is C21H20FN3O2. The maximum absolute atomic E-state index is 13.1. The van der Waals surface area contributed by atoms with Gasteiger partial charge in [-0.05, 0) is 50.1 Å². The molecule has 1 atom stereocenters. The van der Waals surface area contributed by atoms with Crippen molar-refractivity contribution in [1.29, 1.82) is 0 Å². The minimum Gasteiger partial charge on any atom is -0.339 e. The lowest BCUT2D eigenvalue weighted by Crippen LogP contribution is -2.39. The van der Waals surface area contributed by atoms with Gasteiger partial charge in [0.25, 0.3) is 5.91 Å². The number of aromatic nitrogens is 2. The van der Waals surface area contributed by atoms with Gasteiger partial charge in [0.1, 0.15) is 5.82 Å². The Bertz CT molecular complexity index is 952. The maximum Gasteiger partial charge on any atom is 0.253 e. The van der Waals surface area contributed by atoms with Crippen LogP contribution in [0.4, 0.5) is 4.39 Å². The molecule has 6 heteroatoms. The Hall–Kier alpha value is -3.02. The SMILES string of the molecule is Cc1cccc(-c2noc(C3CCCN(C(=O)c4ccc(F)cc4)C3)n2)c1. The van der Waals surface area contributed by atoms with Gasteiger partial charge in [0, 0.05) is 24.2 Å². The quantitative estimate of drug-likeness (QED) is 0.698. The first-order valence-corrected chi connectivity index (χ1v) is 9.05. The number of amides is 1. The van der Waals surface area contributed by atoms with E-state index in [1.165, 1.54) is 24.3 Å². The number of hydrogen-bond donors (Lipinski definition) is 0. The number of rotatable bonds is 3. The Labute approximate surface area is 156 Å². The second-order valence-corrected chi connectivity index (χ2v) is 6.92. The fourth-order valence-electron chi connectivity index (χ4n) is 3.44. The molecule has 1 unspecified atom stereocenters. The van der Waals surface area contributed by atoms with Crippen LogP contribution in [-0.4, -0.2) is 34.0 Å². The molecule has 1 aliphatic heterocycles. The zero-order valence-corrected chi connectivity index (χ0v) is 15.1. The van der Waals surface area contributed by atoms with Crippen molar-refractivity contribution in [3.63, 3.8) is 0 Å². The predicted molar refractivity (Wildman–Crippen MR) is 98.7 cm³/mol. The molecule has 0 aliphatic carbocycles. The summed E-state index contributed by atoms with van der Waals surface area (Å²) in [4.78, 5) is 19.0. The van der Waals surface area contributed by atoms with E-state index in [0.717, 1.165) is 24.0 Å². The van der Waals surface area contributed by atoms with Crippen molar-refractivity contribution in [1.82, 2.24) is 15.0 Å². The molecule has 0 saturated carbocycles. The molecule has 1 fully saturated rings. The summed E-state index contributed by atoms with van der Waals surface area (Å²) in [5.41, 5.74) is 2.54. The molecule has 0 radical (unpaired) electrons. The van der Waals surface area contributed by atoms with Crippen molar-refractivity contribution in [2.45, 2.75) is 25.7 Å². The molecule has 3 aromatic rings. The lowest BCUT2D eigenvalue weighted by Gasteiger charge is -2.31. The Morgan fingerprint density at radius 2 is 2.04 bits per heavy atom. The topological polar surface area (TPSA) is 59.2 Å². The van der Waals surface area contributed by atoms with Gasteiger partial charge in [-0.15, -0.1) is 0 Å². The minimum absolute atomic E-state index is 0.00853. The van der Waals surface area contributed by atoms with Crippen LogP contribution in [0.1, 0.15) is 40.6 Å². The van der Waals surface area contributed by atoms with Gasteiger partial charge in [0.15, 0.2) is 0 Å². The highest BCUT2D eigenvalue weighted by Gasteiger charge is 2.29. The van der Waals surface area contributed by atoms with Crippen molar-refractivity contribution in [2.24, 2.45) is 0 Å². The van der Waals surface area contributed by atoms with E-state index >= 15 is 0 Å². The van der Waals surface area contributed by atoms with E-state index < -0.39 is 0 Å². The standard InChI is InChI=1S/C21H20FN3O2/c1-14-4-2-5-16(12-14)19-23-20(27-24-19)17-6-3-11-25(13-17)21(26)15-7-9-18(22)10-8-15/h2,4-5,7-10,12,17H,3,6,11,13H2,1H3. The van der Waals surface area contributed by atoms with Crippen LogP contribution >= 0.6 is 0 Å². The first-order valence-electron chi connectivity index (χ1n) is 9.05. The third-order valence-electron chi connectivity index (χ3n) is 4.87. The van der Waals surface area contributed by atoms with Crippen molar-refractivity contribution in [3.05, 3.63) is 71.4 Å². The zero-order valence-electron chi connectivity index (χ0n) is 15.1. The number of hydrogen-bond acceptors (Lipinski definition) is 4. The highest BCUT2D eigenvalue weighted by molar-refractivity contribution is 5.94. The summed E-state index contributed by atoms with van der Waals surface area (Å²) in [5.74, 6) is 0.684. The van der Waals surface area contributed by atoms with E-state index in [0.29, 0.717) is 30.4 Å². The first kappa shape index (κ1) is 17.4. The molecule has 2 aromatic carbocycles. The number of halogens is 1. The van der Waals surface area contributed by atoms with Crippen LogP contribution in [0.3, 0.4) is 0 Å². The highest BCUT2D eigenvalue weighted by atomic mass is 19.1. The fourth-order valence-corrected chi connectivity index (χ4v) is 3.44. The molecular weight excluding hydrogens is 345 g/mol. The third kappa shape index (κ3) is 3.74. The van der Waals surface area contributed by atoms with E-state index in [1.807, 2.05) is 31.2 Å². The number of benzene rings is 2. The zero-order chi connectivity index (χ0) is 18.8. The van der Waals surface area contributed by atoms with Gasteiger partial charge in [-0.25, -0.2) is 4.39 Å². The van der Waals surface area contributed by atoms with Crippen LogP contribution in [0.25, 0.3) is 11.4 Å². The van der Waals surface area contributed by atoms with Gasteiger partial charge >= 0.3 is 0 Å². The van der Waals surface area contributed by atoms with Crippen LogP contribution < -0.4 is 0 Å². The summed E-state index contributed by atoms with van der Waals surface area (Å²) >= 11 is 0. The largest absolute Gasteiger partial charge is 0.339 e. The van der Waals surface area contributed by atoms with Crippen LogP contribution in [-0.2, 0) is 0 Å². The molecule has 0 spiro atoms. The average molecular weight is 365 g/mol. The third-order valence-corrected chi connectivity index (χ3v) is 4.87. The molecule has 1 saturated heterocycles. The lowest BCUT2D eigenvalue weighted by atomic mass is 9.97. The predicted octanol–water partition coefficient (Wildman–Crippen LogP) is 4.20. The fraction of sp³-hybridized carbons (Fsp3) is 0.286. The second-order valence-electron chi connectivity index (χ2n) is 6.92. The van der Waals surface area contributed by atoms with Crippen LogP contribution in [0, 0.1) is 12.7 Å². The summed E-state index contributed by atoms with van der Waals surface area (Å²) in [7, 11) is 0. The van der Waals surface area contributed by atoms with E-state index in [4.69, 9.17) is 4.52 Å². The van der Waals surface area contributed by atoms with Gasteiger partial charge in [-0.1, -0.05) is 28.9 Å². The van der Waals surface area contributed by atoms with Crippen molar-refractivity contribution >= 4 is 5.91 Å². The van der Waals surface area contributed by atoms with Crippen LogP contribution in [0.15, 0.2) is 53.1 Å². The second kappa shape index (κ2) is 7.31. The number of nitrogens with zero attached hydrogens (tertiary/aromatic N) is 3. The molecule has 4 rings (SSSR count). The molecule has 1 amide bonds. The Kier molecular flexibility index (Phi) is 4.71. The number of carbonyl (C=O) groups excluding carboxylic acids is 1. The number of aryl methyl sites for hydroxylation is 1. The first-order chi connectivity index (χ1) is 13.1. The van der Waals surface area contributed by atoms with E-state index in [1.54, 1.807) is 4.90 Å². The summed E-state index contributed by atoms with van der Waals surface area (Å²) in [5, 5.41) is 4.11. The van der Waals surface area contributed by atoms with Crippen molar-refractivity contribution in [2.75, 3.05) is 13.1 Å². The summed E-state index contributed by atoms with van der Waals surface area (Å²) in [6.45, 7) is 3.21. The van der Waals surface area contributed by atoms with Gasteiger partial charge in [0.05, 0.1) is 5.92 Å². The summed E-state index contributed by atoms with van der Waals surface area (Å²) < 4.78 is 18.6. The molecule has 138 valence electrons. The number of likely N-dealkylation sites (tertiary alicyclic amines) is 1. The number of piperidine rings is 1. The van der Waals surface area contributed by atoms with E-state index in [2.05, 4.69) is 10.1 Å². The molecule has 1 aromatic heterocycles. The molecule has 5 nitrogen and oxygen atoms in total. The van der Waals surface area contributed by atoms with Crippen molar-refractivity contribution < 1.29 is 13.7 Å². The lowest BCUT2D eigenvalue weighted by molar-refractivity contribution is 0.0695. The van der Waals surface area contributed by atoms with Crippen LogP contribution in [0.2, 0.25) is 0 Å². The minimum atomic E-state index is -0.349. The highest BCUT2D eigenvalue weighted by Crippen LogP contribution is 2.28. The Morgan fingerprint density at radius 1 is 1.22 bits per heavy atom. The van der Waals surface area contributed by atoms with Gasteiger partial charge in [-0.2, -0.15) is 4.98 Å². The summed E-state index contributed by atoms with van der Waals surface area (Å²) in [6, 6.07) is 13.6. The normalized spacial score (nSPS) is 17.1. The average Bonchev–Trinajstić information content (AvgIpc) is 3.18. The molecule has 2 heterocycles. The summed E-state index contributed by atoms with van der Waals surface area (Å²) in [6.07, 6.45) is 1.75. The Morgan fingerprint density at radius 3 is 2.81 bits per heavy atom. The van der Waals surface area contributed by atoms with Gasteiger partial charge in [0.2, 0.25) is 11.7 Å². The van der Waals surface area contributed by atoms with Gasteiger partial charge < -0.3 is 9.42 Å². The molecule has 0 N–H and O–H groups in total. The molecule has 27 heavy (non-hydrogen) atoms. The van der Waals surface area contributed by atoms with Gasteiger partial charge in [-0.3, -0.25) is 4.79 Å².